The summed E-state index contributed by atoms with van der Waals surface area (Å²) in [5.41, 5.74) is 6.34. The second kappa shape index (κ2) is 3.58. The van der Waals surface area contributed by atoms with Gasteiger partial charge in [-0.25, -0.2) is 0 Å². The second-order valence-corrected chi connectivity index (χ2v) is 5.17. The van der Waals surface area contributed by atoms with Crippen LogP contribution in [0.3, 0.4) is 0 Å². The Balaban J connectivity index is 1.67. The van der Waals surface area contributed by atoms with Gasteiger partial charge in [0.05, 0.1) is 12.7 Å². The number of hydrogen-bond donors (Lipinski definition) is 1. The van der Waals surface area contributed by atoms with Crippen LogP contribution in [0.2, 0.25) is 0 Å². The Bertz CT molecular complexity index is 177. The second-order valence-electron chi connectivity index (χ2n) is 5.17. The molecule has 0 aromatic carbocycles. The van der Waals surface area contributed by atoms with Gasteiger partial charge in [-0.3, -0.25) is 0 Å². The molecule has 0 saturated heterocycles. The molecule has 13 heavy (non-hydrogen) atoms. The molecule has 0 amide bonds. The van der Waals surface area contributed by atoms with Crippen LogP contribution in [0.1, 0.15) is 45.4 Å². The molecule has 0 bridgehead atoms. The number of ether oxygens (including phenoxy) is 1. The average molecular weight is 183 g/mol. The Hall–Kier alpha value is -0.0800. The van der Waals surface area contributed by atoms with Crippen molar-refractivity contribution in [2.45, 2.75) is 57.6 Å². The van der Waals surface area contributed by atoms with E-state index in [0.29, 0.717) is 17.6 Å². The van der Waals surface area contributed by atoms with E-state index in [1.807, 2.05) is 0 Å². The Kier molecular flexibility index (Phi) is 2.61. The predicted octanol–water partition coefficient (Wildman–Crippen LogP) is 2.07. The fraction of sp³-hybridized carbons (Fsp3) is 1.00. The van der Waals surface area contributed by atoms with Crippen LogP contribution in [0.4, 0.5) is 0 Å². The highest BCUT2D eigenvalue weighted by atomic mass is 16.5. The molecule has 0 aliphatic heterocycles. The molecule has 2 aliphatic carbocycles. The Morgan fingerprint density at radius 2 is 2.15 bits per heavy atom. The van der Waals surface area contributed by atoms with Gasteiger partial charge < -0.3 is 10.5 Å². The third-order valence-electron chi connectivity index (χ3n) is 3.65. The summed E-state index contributed by atoms with van der Waals surface area (Å²) in [6, 6.07) is 0.402. The van der Waals surface area contributed by atoms with Crippen molar-refractivity contribution in [2.24, 2.45) is 11.1 Å². The molecule has 0 radical (unpaired) electrons. The minimum atomic E-state index is 0.402. The van der Waals surface area contributed by atoms with Crippen LogP contribution in [-0.2, 0) is 4.74 Å². The highest BCUT2D eigenvalue weighted by Crippen LogP contribution is 2.41. The molecule has 2 nitrogen and oxygen atoms in total. The first kappa shape index (κ1) is 9.47. The van der Waals surface area contributed by atoms with Crippen LogP contribution in [0.25, 0.3) is 0 Å². The van der Waals surface area contributed by atoms with E-state index < -0.39 is 0 Å². The van der Waals surface area contributed by atoms with E-state index in [1.165, 1.54) is 25.7 Å². The van der Waals surface area contributed by atoms with Crippen LogP contribution in [0.5, 0.6) is 0 Å². The molecule has 2 unspecified atom stereocenters. The van der Waals surface area contributed by atoms with Crippen molar-refractivity contribution in [3.63, 3.8) is 0 Å². The van der Waals surface area contributed by atoms with Gasteiger partial charge in [0.15, 0.2) is 0 Å². The predicted molar refractivity (Wildman–Crippen MR) is 53.5 cm³/mol. The molecule has 0 heterocycles. The molecular weight excluding hydrogens is 162 g/mol. The van der Waals surface area contributed by atoms with Gasteiger partial charge >= 0.3 is 0 Å². The molecule has 0 spiro atoms. The monoisotopic (exact) mass is 183 g/mol. The molecule has 2 heteroatoms. The number of rotatable bonds is 3. The van der Waals surface area contributed by atoms with Gasteiger partial charge in [0, 0.05) is 6.04 Å². The normalized spacial score (nSPS) is 37.4. The van der Waals surface area contributed by atoms with Gasteiger partial charge in [-0.15, -0.1) is 0 Å². The van der Waals surface area contributed by atoms with Crippen LogP contribution in [-0.4, -0.2) is 18.8 Å². The number of nitrogens with two attached hydrogens (primary N) is 1. The summed E-state index contributed by atoms with van der Waals surface area (Å²) in [6.45, 7) is 3.30. The van der Waals surface area contributed by atoms with Crippen molar-refractivity contribution in [1.29, 1.82) is 0 Å². The smallest absolute Gasteiger partial charge is 0.0590 e. The van der Waals surface area contributed by atoms with Crippen molar-refractivity contribution >= 4 is 0 Å². The van der Waals surface area contributed by atoms with E-state index in [-0.39, 0.29) is 0 Å². The van der Waals surface area contributed by atoms with Gasteiger partial charge in [-0.05, 0) is 37.5 Å². The first-order valence-electron chi connectivity index (χ1n) is 5.55. The summed E-state index contributed by atoms with van der Waals surface area (Å²) in [5, 5.41) is 0. The van der Waals surface area contributed by atoms with E-state index in [4.69, 9.17) is 10.5 Å². The van der Waals surface area contributed by atoms with E-state index in [0.717, 1.165) is 19.4 Å². The van der Waals surface area contributed by atoms with E-state index in [9.17, 15) is 0 Å². The molecule has 2 rings (SSSR count). The Labute approximate surface area is 80.8 Å². The van der Waals surface area contributed by atoms with Gasteiger partial charge in [0.2, 0.25) is 0 Å². The van der Waals surface area contributed by atoms with Crippen molar-refractivity contribution in [2.75, 3.05) is 6.61 Å². The molecule has 2 aliphatic rings. The van der Waals surface area contributed by atoms with Gasteiger partial charge in [0.1, 0.15) is 0 Å². The lowest BCUT2D eigenvalue weighted by atomic mass is 9.71. The molecule has 76 valence electrons. The standard InChI is InChI=1S/C11H21NO/c1-11(5-2-6-11)8-13-10-4-3-9(12)7-10/h9-10H,2-8,12H2,1H3. The third kappa shape index (κ3) is 2.23. The summed E-state index contributed by atoms with van der Waals surface area (Å²) in [5.74, 6) is 0. The SMILES string of the molecule is CC1(COC2CCC(N)C2)CCC1. The summed E-state index contributed by atoms with van der Waals surface area (Å²) in [6.07, 6.45) is 7.98. The van der Waals surface area contributed by atoms with E-state index in [2.05, 4.69) is 6.92 Å². The summed E-state index contributed by atoms with van der Waals surface area (Å²) in [4.78, 5) is 0. The van der Waals surface area contributed by atoms with Crippen LogP contribution >= 0.6 is 0 Å². The fourth-order valence-corrected chi connectivity index (χ4v) is 2.37. The van der Waals surface area contributed by atoms with E-state index >= 15 is 0 Å². The summed E-state index contributed by atoms with van der Waals surface area (Å²) < 4.78 is 5.90. The third-order valence-corrected chi connectivity index (χ3v) is 3.65. The van der Waals surface area contributed by atoms with Crippen molar-refractivity contribution in [3.05, 3.63) is 0 Å². The highest BCUT2D eigenvalue weighted by molar-refractivity contribution is 4.85. The highest BCUT2D eigenvalue weighted by Gasteiger charge is 2.33. The first-order chi connectivity index (χ1) is 6.18. The number of hydrogen-bond acceptors (Lipinski definition) is 2. The largest absolute Gasteiger partial charge is 0.378 e. The van der Waals surface area contributed by atoms with Crippen LogP contribution < -0.4 is 5.73 Å². The maximum atomic E-state index is 5.90. The van der Waals surface area contributed by atoms with Crippen molar-refractivity contribution < 1.29 is 4.74 Å². The van der Waals surface area contributed by atoms with E-state index in [1.54, 1.807) is 0 Å². The summed E-state index contributed by atoms with van der Waals surface area (Å²) in [7, 11) is 0. The molecule has 2 N–H and O–H groups in total. The quantitative estimate of drug-likeness (QED) is 0.727. The molecular formula is C11H21NO. The lowest BCUT2D eigenvalue weighted by molar-refractivity contribution is -0.0326. The molecule has 2 saturated carbocycles. The van der Waals surface area contributed by atoms with Crippen LogP contribution in [0.15, 0.2) is 0 Å². The van der Waals surface area contributed by atoms with Gasteiger partial charge in [0.25, 0.3) is 0 Å². The van der Waals surface area contributed by atoms with Crippen molar-refractivity contribution in [1.82, 2.24) is 0 Å². The zero-order valence-corrected chi connectivity index (χ0v) is 8.59. The Morgan fingerprint density at radius 1 is 1.38 bits per heavy atom. The maximum Gasteiger partial charge on any atom is 0.0590 e. The zero-order chi connectivity index (χ0) is 9.31. The zero-order valence-electron chi connectivity index (χ0n) is 8.59. The van der Waals surface area contributed by atoms with Crippen LogP contribution in [0, 0.1) is 5.41 Å². The lowest BCUT2D eigenvalue weighted by Gasteiger charge is -2.38. The fourth-order valence-electron chi connectivity index (χ4n) is 2.37. The molecule has 2 atom stereocenters. The van der Waals surface area contributed by atoms with Crippen molar-refractivity contribution in [3.8, 4) is 0 Å². The molecule has 0 aromatic rings. The first-order valence-corrected chi connectivity index (χ1v) is 5.55. The summed E-state index contributed by atoms with van der Waals surface area (Å²) >= 11 is 0. The average Bonchev–Trinajstić information content (AvgIpc) is 2.44. The van der Waals surface area contributed by atoms with Gasteiger partial charge in [-0.1, -0.05) is 13.3 Å². The molecule has 2 fully saturated rings. The minimum absolute atomic E-state index is 0.402. The minimum Gasteiger partial charge on any atom is -0.378 e. The maximum absolute atomic E-state index is 5.90. The topological polar surface area (TPSA) is 35.2 Å². The Morgan fingerprint density at radius 3 is 2.62 bits per heavy atom. The molecule has 0 aromatic heterocycles. The lowest BCUT2D eigenvalue weighted by Crippen LogP contribution is -2.32. The van der Waals surface area contributed by atoms with Gasteiger partial charge in [-0.2, -0.15) is 0 Å².